The van der Waals surface area contributed by atoms with Crippen LogP contribution >= 0.6 is 11.8 Å². The van der Waals surface area contributed by atoms with E-state index in [0.717, 1.165) is 0 Å². The normalized spacial score (nSPS) is 14.1. The Balaban J connectivity index is 2.47. The van der Waals surface area contributed by atoms with Gasteiger partial charge in [0.25, 0.3) is 0 Å². The standard InChI is InChI=1S/C13H13F5OS/c1-12(15,16)13(17,18)10(14)7-8-20-11(19)9-5-3-2-4-6-9/h2-6,10H,7-8H2,1H3. The maximum Gasteiger partial charge on any atom is 0.340 e. The summed E-state index contributed by atoms with van der Waals surface area (Å²) in [6, 6.07) is 7.99. The highest BCUT2D eigenvalue weighted by molar-refractivity contribution is 8.14. The Bertz CT molecular complexity index is 444. The first kappa shape index (κ1) is 16.9. The molecule has 1 atom stereocenters. The fraction of sp³-hybridized carbons (Fsp3) is 0.462. The highest BCUT2D eigenvalue weighted by Crippen LogP contribution is 2.39. The van der Waals surface area contributed by atoms with Crippen molar-refractivity contribution in [1.82, 2.24) is 0 Å². The molecule has 0 aromatic heterocycles. The van der Waals surface area contributed by atoms with Crippen molar-refractivity contribution in [3.05, 3.63) is 35.9 Å². The Hall–Kier alpha value is -1.11. The Morgan fingerprint density at radius 3 is 2.25 bits per heavy atom. The Kier molecular flexibility index (Phi) is 5.56. The summed E-state index contributed by atoms with van der Waals surface area (Å²) in [7, 11) is 0. The molecule has 1 aromatic carbocycles. The average molecular weight is 312 g/mol. The van der Waals surface area contributed by atoms with Gasteiger partial charge in [-0.2, -0.15) is 8.78 Å². The SMILES string of the molecule is CC(F)(F)C(F)(F)C(F)CCSC(=O)c1ccccc1. The summed E-state index contributed by atoms with van der Waals surface area (Å²) >= 11 is 0.627. The molecule has 0 N–H and O–H groups in total. The lowest BCUT2D eigenvalue weighted by molar-refractivity contribution is -0.229. The third-order valence-electron chi connectivity index (χ3n) is 2.59. The number of halogens is 5. The van der Waals surface area contributed by atoms with E-state index in [1.54, 1.807) is 18.2 Å². The van der Waals surface area contributed by atoms with Crippen LogP contribution in [0.3, 0.4) is 0 Å². The second-order valence-electron chi connectivity index (χ2n) is 4.27. The first-order chi connectivity index (χ1) is 9.16. The molecule has 0 radical (unpaired) electrons. The van der Waals surface area contributed by atoms with E-state index in [-0.39, 0.29) is 12.7 Å². The van der Waals surface area contributed by atoms with Gasteiger partial charge < -0.3 is 0 Å². The van der Waals surface area contributed by atoms with E-state index in [4.69, 9.17) is 0 Å². The van der Waals surface area contributed by atoms with E-state index < -0.39 is 29.6 Å². The van der Waals surface area contributed by atoms with E-state index >= 15 is 0 Å². The van der Waals surface area contributed by atoms with Gasteiger partial charge in [0.15, 0.2) is 6.17 Å². The lowest BCUT2D eigenvalue weighted by Gasteiger charge is -2.26. The maximum absolute atomic E-state index is 13.2. The van der Waals surface area contributed by atoms with Gasteiger partial charge in [-0.15, -0.1) is 0 Å². The van der Waals surface area contributed by atoms with E-state index in [9.17, 15) is 26.7 Å². The van der Waals surface area contributed by atoms with Crippen molar-refractivity contribution in [2.45, 2.75) is 31.4 Å². The van der Waals surface area contributed by atoms with Gasteiger partial charge in [-0.3, -0.25) is 4.79 Å². The predicted octanol–water partition coefficient (Wildman–Crippen LogP) is 4.58. The third-order valence-corrected chi connectivity index (χ3v) is 3.53. The van der Waals surface area contributed by atoms with Crippen LogP contribution in [-0.4, -0.2) is 28.9 Å². The van der Waals surface area contributed by atoms with E-state index in [2.05, 4.69) is 0 Å². The Labute approximate surface area is 117 Å². The lowest BCUT2D eigenvalue weighted by Crippen LogP contribution is -2.46. The number of thioether (sulfide) groups is 1. The summed E-state index contributed by atoms with van der Waals surface area (Å²) in [6.45, 7) is -0.0259. The van der Waals surface area contributed by atoms with Crippen molar-refractivity contribution in [3.8, 4) is 0 Å². The van der Waals surface area contributed by atoms with E-state index in [0.29, 0.717) is 17.3 Å². The van der Waals surface area contributed by atoms with E-state index in [1.165, 1.54) is 12.1 Å². The summed E-state index contributed by atoms with van der Waals surface area (Å²) in [5.74, 6) is -9.45. The minimum atomic E-state index is -4.73. The average Bonchev–Trinajstić information content (AvgIpc) is 2.38. The number of benzene rings is 1. The first-order valence-corrected chi connectivity index (χ1v) is 6.76. The predicted molar refractivity (Wildman–Crippen MR) is 68.3 cm³/mol. The summed E-state index contributed by atoms with van der Waals surface area (Å²) < 4.78 is 64.2. The molecule has 0 heterocycles. The van der Waals surface area contributed by atoms with Gasteiger partial charge in [0.05, 0.1) is 0 Å². The van der Waals surface area contributed by atoms with Crippen LogP contribution in [0, 0.1) is 0 Å². The van der Waals surface area contributed by atoms with Crippen molar-refractivity contribution >= 4 is 16.9 Å². The molecule has 1 unspecified atom stereocenters. The van der Waals surface area contributed by atoms with Crippen LogP contribution in [0.5, 0.6) is 0 Å². The Morgan fingerprint density at radius 2 is 1.75 bits per heavy atom. The van der Waals surface area contributed by atoms with Crippen LogP contribution in [0.15, 0.2) is 30.3 Å². The Morgan fingerprint density at radius 1 is 1.20 bits per heavy atom. The molecule has 20 heavy (non-hydrogen) atoms. The fourth-order valence-electron chi connectivity index (χ4n) is 1.37. The summed E-state index contributed by atoms with van der Waals surface area (Å²) in [5.41, 5.74) is 0.348. The van der Waals surface area contributed by atoms with Crippen LogP contribution in [0.1, 0.15) is 23.7 Å². The molecule has 0 saturated carbocycles. The zero-order chi connectivity index (χ0) is 15.4. The van der Waals surface area contributed by atoms with Crippen molar-refractivity contribution in [3.63, 3.8) is 0 Å². The largest absolute Gasteiger partial charge is 0.340 e. The molecule has 1 aromatic rings. The van der Waals surface area contributed by atoms with Gasteiger partial charge in [0, 0.05) is 18.2 Å². The van der Waals surface area contributed by atoms with Crippen molar-refractivity contribution in [1.29, 1.82) is 0 Å². The van der Waals surface area contributed by atoms with Crippen LogP contribution in [-0.2, 0) is 0 Å². The third kappa shape index (κ3) is 4.19. The molecule has 0 aliphatic rings. The molecule has 1 rings (SSSR count). The van der Waals surface area contributed by atoms with Gasteiger partial charge in [0.1, 0.15) is 0 Å². The molecule has 112 valence electrons. The van der Waals surface area contributed by atoms with Crippen LogP contribution in [0.4, 0.5) is 22.0 Å². The topological polar surface area (TPSA) is 17.1 Å². The van der Waals surface area contributed by atoms with Gasteiger partial charge in [0.2, 0.25) is 5.12 Å². The minimum absolute atomic E-state index is 0.0259. The zero-order valence-electron chi connectivity index (χ0n) is 10.6. The molecule has 0 bridgehead atoms. The van der Waals surface area contributed by atoms with Gasteiger partial charge in [-0.1, -0.05) is 42.1 Å². The minimum Gasteiger partial charge on any atom is -0.282 e. The fourth-order valence-corrected chi connectivity index (χ4v) is 2.18. The van der Waals surface area contributed by atoms with Crippen LogP contribution in [0.25, 0.3) is 0 Å². The summed E-state index contributed by atoms with van der Waals surface area (Å²) in [5, 5.41) is -0.413. The number of hydrogen-bond donors (Lipinski definition) is 0. The van der Waals surface area contributed by atoms with Gasteiger partial charge in [-0.25, -0.2) is 13.2 Å². The second-order valence-corrected chi connectivity index (χ2v) is 5.34. The molecule has 0 aliphatic heterocycles. The first-order valence-electron chi connectivity index (χ1n) is 5.78. The molecule has 0 aliphatic carbocycles. The molecule has 0 spiro atoms. The second kappa shape index (κ2) is 6.56. The quantitative estimate of drug-likeness (QED) is 0.715. The monoisotopic (exact) mass is 312 g/mol. The van der Waals surface area contributed by atoms with Crippen LogP contribution in [0.2, 0.25) is 0 Å². The number of carbonyl (C=O) groups excluding carboxylic acids is 1. The zero-order valence-corrected chi connectivity index (χ0v) is 11.4. The molecule has 7 heteroatoms. The van der Waals surface area contributed by atoms with Crippen molar-refractivity contribution in [2.75, 3.05) is 5.75 Å². The van der Waals surface area contributed by atoms with Crippen molar-refractivity contribution < 1.29 is 26.7 Å². The maximum atomic E-state index is 13.2. The van der Waals surface area contributed by atoms with Gasteiger partial charge >= 0.3 is 11.8 Å². The molecule has 1 nitrogen and oxygen atoms in total. The lowest BCUT2D eigenvalue weighted by atomic mass is 10.1. The van der Waals surface area contributed by atoms with Crippen LogP contribution < -0.4 is 0 Å². The van der Waals surface area contributed by atoms with E-state index in [1.807, 2.05) is 0 Å². The van der Waals surface area contributed by atoms with Gasteiger partial charge in [-0.05, 0) is 6.42 Å². The summed E-state index contributed by atoms with van der Waals surface area (Å²) in [6.07, 6.45) is -3.81. The molecule has 0 saturated heterocycles. The number of hydrogen-bond acceptors (Lipinski definition) is 2. The van der Waals surface area contributed by atoms with Crippen molar-refractivity contribution in [2.24, 2.45) is 0 Å². The number of carbonyl (C=O) groups is 1. The number of rotatable bonds is 6. The number of alkyl halides is 5. The molecular formula is C13H13F5OS. The summed E-state index contributed by atoms with van der Waals surface area (Å²) in [4.78, 5) is 11.6. The molecule has 0 amide bonds. The highest BCUT2D eigenvalue weighted by atomic mass is 32.2. The smallest absolute Gasteiger partial charge is 0.282 e. The highest BCUT2D eigenvalue weighted by Gasteiger charge is 2.58. The molecule has 0 fully saturated rings. The molecular weight excluding hydrogens is 299 g/mol.